The van der Waals surface area contributed by atoms with Crippen LogP contribution >= 0.6 is 0 Å². The number of likely N-dealkylation sites (tertiary alicyclic amines) is 1. The van der Waals surface area contributed by atoms with Crippen molar-refractivity contribution in [3.05, 3.63) is 0 Å². The van der Waals surface area contributed by atoms with Gasteiger partial charge in [-0.3, -0.25) is 9.69 Å². The van der Waals surface area contributed by atoms with E-state index in [1.165, 1.54) is 19.3 Å². The predicted octanol–water partition coefficient (Wildman–Crippen LogP) is 1.79. The molecule has 0 aromatic carbocycles. The summed E-state index contributed by atoms with van der Waals surface area (Å²) >= 11 is 0. The number of ether oxygens (including phenoxy) is 1. The van der Waals surface area contributed by atoms with E-state index >= 15 is 0 Å². The largest absolute Gasteiger partial charge is 0.381 e. The molecule has 0 bridgehead atoms. The average Bonchev–Trinajstić information content (AvgIpc) is 2.42. The lowest BCUT2D eigenvalue weighted by atomic mass is 9.86. The van der Waals surface area contributed by atoms with E-state index in [1.807, 2.05) is 0 Å². The van der Waals surface area contributed by atoms with E-state index in [0.29, 0.717) is 24.6 Å². The van der Waals surface area contributed by atoms with Crippen molar-refractivity contribution < 1.29 is 9.53 Å². The second-order valence-corrected chi connectivity index (χ2v) is 6.15. The van der Waals surface area contributed by atoms with Gasteiger partial charge in [-0.25, -0.2) is 0 Å². The van der Waals surface area contributed by atoms with Crippen molar-refractivity contribution in [2.75, 3.05) is 26.7 Å². The number of nitrogens with one attached hydrogen (secondary N) is 1. The van der Waals surface area contributed by atoms with Crippen LogP contribution in [0, 0.1) is 5.92 Å². The van der Waals surface area contributed by atoms with E-state index in [9.17, 15) is 4.79 Å². The Kier molecular flexibility index (Phi) is 5.64. The van der Waals surface area contributed by atoms with E-state index in [1.54, 1.807) is 7.11 Å². The first-order valence-corrected chi connectivity index (χ1v) is 7.73. The molecule has 1 N–H and O–H groups in total. The Hall–Kier alpha value is -0.610. The number of carbonyl (C=O) groups is 1. The monoisotopic (exact) mass is 268 g/mol. The zero-order valence-electron chi connectivity index (χ0n) is 12.4. The van der Waals surface area contributed by atoms with Crippen LogP contribution in [0.25, 0.3) is 0 Å². The molecule has 0 spiro atoms. The molecule has 4 nitrogen and oxygen atoms in total. The molecule has 19 heavy (non-hydrogen) atoms. The minimum atomic E-state index is 0.203. The lowest BCUT2D eigenvalue weighted by Gasteiger charge is -2.33. The highest BCUT2D eigenvalue weighted by Gasteiger charge is 2.25. The Balaban J connectivity index is 1.69. The topological polar surface area (TPSA) is 41.6 Å². The highest BCUT2D eigenvalue weighted by atomic mass is 16.5. The van der Waals surface area contributed by atoms with Gasteiger partial charge in [-0.2, -0.15) is 0 Å². The standard InChI is InChI=1S/C15H28N2O2/c1-12-5-3-4-6-14(12)16-15(18)11-17-9-7-13(19-2)8-10-17/h12-14H,3-11H2,1-2H3,(H,16,18). The normalized spacial score (nSPS) is 30.2. The molecule has 1 saturated carbocycles. The first-order chi connectivity index (χ1) is 9.19. The fourth-order valence-electron chi connectivity index (χ4n) is 3.29. The first kappa shape index (κ1) is 14.8. The van der Waals surface area contributed by atoms with Gasteiger partial charge in [-0.1, -0.05) is 19.8 Å². The Bertz CT molecular complexity index is 288. The quantitative estimate of drug-likeness (QED) is 0.845. The maximum absolute atomic E-state index is 12.1. The lowest BCUT2D eigenvalue weighted by Crippen LogP contribution is -2.47. The molecule has 0 aromatic heterocycles. The predicted molar refractivity (Wildman–Crippen MR) is 76.0 cm³/mol. The van der Waals surface area contributed by atoms with Crippen molar-refractivity contribution in [2.45, 2.75) is 57.6 Å². The highest BCUT2D eigenvalue weighted by molar-refractivity contribution is 5.78. The molecular weight excluding hydrogens is 240 g/mol. The molecule has 4 heteroatoms. The summed E-state index contributed by atoms with van der Waals surface area (Å²) in [6.45, 7) is 4.77. The summed E-state index contributed by atoms with van der Waals surface area (Å²) in [4.78, 5) is 14.3. The van der Waals surface area contributed by atoms with Crippen LogP contribution in [0.1, 0.15) is 45.4 Å². The minimum Gasteiger partial charge on any atom is -0.381 e. The summed E-state index contributed by atoms with van der Waals surface area (Å²) in [5, 5.41) is 3.23. The van der Waals surface area contributed by atoms with Gasteiger partial charge in [-0.15, -0.1) is 0 Å². The summed E-state index contributed by atoms with van der Waals surface area (Å²) in [7, 11) is 1.78. The molecule has 1 amide bonds. The van der Waals surface area contributed by atoms with Crippen LogP contribution in [0.3, 0.4) is 0 Å². The van der Waals surface area contributed by atoms with Gasteiger partial charge < -0.3 is 10.1 Å². The van der Waals surface area contributed by atoms with Gasteiger partial charge in [0, 0.05) is 26.2 Å². The maximum Gasteiger partial charge on any atom is 0.234 e. The van der Waals surface area contributed by atoms with E-state index in [4.69, 9.17) is 4.74 Å². The molecule has 110 valence electrons. The molecular formula is C15H28N2O2. The van der Waals surface area contributed by atoms with E-state index in [0.717, 1.165) is 32.4 Å². The summed E-state index contributed by atoms with van der Waals surface area (Å²) < 4.78 is 5.35. The molecule has 2 atom stereocenters. The number of nitrogens with zero attached hydrogens (tertiary/aromatic N) is 1. The van der Waals surface area contributed by atoms with Crippen molar-refractivity contribution in [1.82, 2.24) is 10.2 Å². The number of methoxy groups -OCH3 is 1. The van der Waals surface area contributed by atoms with Gasteiger partial charge in [0.05, 0.1) is 12.6 Å². The zero-order chi connectivity index (χ0) is 13.7. The summed E-state index contributed by atoms with van der Waals surface area (Å²) in [6, 6.07) is 0.401. The molecule has 0 radical (unpaired) electrons. The average molecular weight is 268 g/mol. The number of hydrogen-bond acceptors (Lipinski definition) is 3. The maximum atomic E-state index is 12.1. The second kappa shape index (κ2) is 7.25. The Morgan fingerprint density at radius 3 is 2.53 bits per heavy atom. The van der Waals surface area contributed by atoms with Crippen molar-refractivity contribution >= 4 is 5.91 Å². The van der Waals surface area contributed by atoms with Crippen molar-refractivity contribution in [1.29, 1.82) is 0 Å². The third-order valence-electron chi connectivity index (χ3n) is 4.69. The summed E-state index contributed by atoms with van der Waals surface area (Å²) in [6.07, 6.45) is 7.46. The Morgan fingerprint density at radius 2 is 1.89 bits per heavy atom. The number of amides is 1. The Morgan fingerprint density at radius 1 is 1.21 bits per heavy atom. The van der Waals surface area contributed by atoms with Gasteiger partial charge in [0.25, 0.3) is 0 Å². The first-order valence-electron chi connectivity index (χ1n) is 7.73. The second-order valence-electron chi connectivity index (χ2n) is 6.15. The van der Waals surface area contributed by atoms with Crippen LogP contribution in [0.4, 0.5) is 0 Å². The third kappa shape index (κ3) is 4.46. The lowest BCUT2D eigenvalue weighted by molar-refractivity contribution is -0.124. The minimum absolute atomic E-state index is 0.203. The zero-order valence-corrected chi connectivity index (χ0v) is 12.4. The fourth-order valence-corrected chi connectivity index (χ4v) is 3.29. The number of rotatable bonds is 4. The van der Waals surface area contributed by atoms with Crippen LogP contribution in [0.2, 0.25) is 0 Å². The molecule has 1 saturated heterocycles. The molecule has 0 aromatic rings. The van der Waals surface area contributed by atoms with Crippen LogP contribution in [-0.4, -0.2) is 49.7 Å². The van der Waals surface area contributed by atoms with E-state index in [-0.39, 0.29) is 5.91 Å². The fraction of sp³-hybridized carbons (Fsp3) is 0.933. The third-order valence-corrected chi connectivity index (χ3v) is 4.69. The number of piperidine rings is 1. The molecule has 2 rings (SSSR count). The Labute approximate surface area is 116 Å². The highest BCUT2D eigenvalue weighted by Crippen LogP contribution is 2.23. The molecule has 2 aliphatic rings. The van der Waals surface area contributed by atoms with Crippen LogP contribution in [0.15, 0.2) is 0 Å². The van der Waals surface area contributed by atoms with Gasteiger partial charge in [0.15, 0.2) is 0 Å². The van der Waals surface area contributed by atoms with Crippen molar-refractivity contribution in [3.8, 4) is 0 Å². The van der Waals surface area contributed by atoms with Gasteiger partial charge in [-0.05, 0) is 31.6 Å². The van der Waals surface area contributed by atoms with Crippen LogP contribution < -0.4 is 5.32 Å². The van der Waals surface area contributed by atoms with Gasteiger partial charge in [0.1, 0.15) is 0 Å². The van der Waals surface area contributed by atoms with Gasteiger partial charge >= 0.3 is 0 Å². The van der Waals surface area contributed by atoms with Gasteiger partial charge in [0.2, 0.25) is 5.91 Å². The summed E-state index contributed by atoms with van der Waals surface area (Å²) in [5.74, 6) is 0.839. The number of carbonyl (C=O) groups excluding carboxylic acids is 1. The van der Waals surface area contributed by atoms with Crippen molar-refractivity contribution in [3.63, 3.8) is 0 Å². The molecule has 2 unspecified atom stereocenters. The van der Waals surface area contributed by atoms with E-state index < -0.39 is 0 Å². The smallest absolute Gasteiger partial charge is 0.234 e. The van der Waals surface area contributed by atoms with E-state index in [2.05, 4.69) is 17.1 Å². The van der Waals surface area contributed by atoms with Crippen LogP contribution in [0.5, 0.6) is 0 Å². The SMILES string of the molecule is COC1CCN(CC(=O)NC2CCCCC2C)CC1. The molecule has 2 fully saturated rings. The summed E-state index contributed by atoms with van der Waals surface area (Å²) in [5.41, 5.74) is 0. The van der Waals surface area contributed by atoms with Crippen LogP contribution in [-0.2, 0) is 9.53 Å². The molecule has 1 aliphatic heterocycles. The van der Waals surface area contributed by atoms with Crippen molar-refractivity contribution in [2.24, 2.45) is 5.92 Å². The molecule has 1 heterocycles. The number of hydrogen-bond donors (Lipinski definition) is 1. The molecule has 1 aliphatic carbocycles.